The predicted molar refractivity (Wildman–Crippen MR) is 82.8 cm³/mol. The van der Waals surface area contributed by atoms with Crippen molar-refractivity contribution in [3.05, 3.63) is 24.3 Å². The number of ether oxygens (including phenoxy) is 1. The van der Waals surface area contributed by atoms with Crippen LogP contribution in [0.4, 0.5) is 5.69 Å². The lowest BCUT2D eigenvalue weighted by molar-refractivity contribution is -0.126. The van der Waals surface area contributed by atoms with Gasteiger partial charge in [-0.15, -0.1) is 12.4 Å². The summed E-state index contributed by atoms with van der Waals surface area (Å²) in [7, 11) is 1.58. The second-order valence-electron chi connectivity index (χ2n) is 4.69. The molecule has 1 unspecified atom stereocenters. The zero-order chi connectivity index (χ0) is 14.5. The molecular weight excluding hydrogens is 294 g/mol. The fraction of sp³-hybridized carbons (Fsp3) is 0.429. The van der Waals surface area contributed by atoms with Crippen LogP contribution in [0.15, 0.2) is 24.3 Å². The lowest BCUT2D eigenvalue weighted by Crippen LogP contribution is -2.35. The van der Waals surface area contributed by atoms with Crippen molar-refractivity contribution in [2.75, 3.05) is 31.6 Å². The number of methoxy groups -OCH3 is 1. The van der Waals surface area contributed by atoms with Crippen molar-refractivity contribution >= 4 is 29.9 Å². The molecule has 0 radical (unpaired) electrons. The number of amides is 2. The molecule has 6 nitrogen and oxygen atoms in total. The van der Waals surface area contributed by atoms with Crippen molar-refractivity contribution in [1.82, 2.24) is 5.32 Å². The van der Waals surface area contributed by atoms with Crippen LogP contribution in [0.2, 0.25) is 0 Å². The monoisotopic (exact) mass is 313 g/mol. The number of hydrogen-bond donors (Lipinski definition) is 2. The molecule has 0 aliphatic carbocycles. The maximum Gasteiger partial charge on any atom is 0.227 e. The van der Waals surface area contributed by atoms with E-state index in [1.54, 1.807) is 18.1 Å². The van der Waals surface area contributed by atoms with Gasteiger partial charge in [0.05, 0.1) is 13.0 Å². The molecule has 1 aromatic rings. The van der Waals surface area contributed by atoms with Crippen LogP contribution in [0, 0.1) is 5.92 Å². The molecule has 7 heteroatoms. The van der Waals surface area contributed by atoms with E-state index >= 15 is 0 Å². The molecule has 1 heterocycles. The second-order valence-corrected chi connectivity index (χ2v) is 4.69. The number of nitrogens with two attached hydrogens (primary N) is 1. The number of carbonyl (C=O) groups excluding carboxylic acids is 2. The average Bonchev–Trinajstić information content (AvgIpc) is 2.87. The lowest BCUT2D eigenvalue weighted by atomic mass is 10.1. The van der Waals surface area contributed by atoms with Crippen molar-refractivity contribution in [3.63, 3.8) is 0 Å². The molecule has 116 valence electrons. The molecule has 1 aliphatic rings. The highest BCUT2D eigenvalue weighted by atomic mass is 35.5. The maximum absolute atomic E-state index is 12.0. The number of nitrogens with zero attached hydrogens (tertiary/aromatic N) is 1. The van der Waals surface area contributed by atoms with Gasteiger partial charge >= 0.3 is 0 Å². The van der Waals surface area contributed by atoms with E-state index in [0.29, 0.717) is 25.4 Å². The van der Waals surface area contributed by atoms with Crippen LogP contribution in [0.1, 0.15) is 6.42 Å². The Hall–Kier alpha value is -1.79. The van der Waals surface area contributed by atoms with Crippen LogP contribution in [0.5, 0.6) is 5.75 Å². The second kappa shape index (κ2) is 7.85. The number of nitrogens with one attached hydrogen (secondary N) is 1. The molecule has 0 bridgehead atoms. The number of carbonyl (C=O) groups is 2. The third-order valence-electron chi connectivity index (χ3n) is 3.30. The van der Waals surface area contributed by atoms with Gasteiger partial charge in [-0.25, -0.2) is 0 Å². The summed E-state index contributed by atoms with van der Waals surface area (Å²) < 4.78 is 5.15. The minimum Gasteiger partial charge on any atom is -0.497 e. The first-order chi connectivity index (χ1) is 9.65. The van der Waals surface area contributed by atoms with Crippen LogP contribution in [0.25, 0.3) is 0 Å². The Balaban J connectivity index is 0.00000220. The number of anilines is 1. The molecule has 21 heavy (non-hydrogen) atoms. The van der Waals surface area contributed by atoms with Crippen LogP contribution in [0.3, 0.4) is 0 Å². The quantitative estimate of drug-likeness (QED) is 0.831. The summed E-state index contributed by atoms with van der Waals surface area (Å²) in [5, 5.41) is 2.72. The molecule has 2 amide bonds. The van der Waals surface area contributed by atoms with Gasteiger partial charge in [-0.05, 0) is 12.1 Å². The van der Waals surface area contributed by atoms with Crippen molar-refractivity contribution in [1.29, 1.82) is 0 Å². The van der Waals surface area contributed by atoms with Gasteiger partial charge in [0.25, 0.3) is 0 Å². The number of hydrogen-bond acceptors (Lipinski definition) is 4. The Morgan fingerprint density at radius 1 is 1.52 bits per heavy atom. The molecule has 0 aromatic heterocycles. The number of halogens is 1. The highest BCUT2D eigenvalue weighted by molar-refractivity contribution is 6.00. The zero-order valence-electron chi connectivity index (χ0n) is 11.9. The van der Waals surface area contributed by atoms with Gasteiger partial charge in [0.1, 0.15) is 5.75 Å². The highest BCUT2D eigenvalue weighted by Gasteiger charge is 2.34. The molecule has 1 aromatic carbocycles. The minimum absolute atomic E-state index is 0. The Kier molecular flexibility index (Phi) is 6.45. The molecule has 2 rings (SSSR count). The van der Waals surface area contributed by atoms with E-state index in [1.165, 1.54) is 0 Å². The summed E-state index contributed by atoms with van der Waals surface area (Å²) in [6, 6.07) is 7.26. The highest BCUT2D eigenvalue weighted by Crippen LogP contribution is 2.27. The van der Waals surface area contributed by atoms with Crippen LogP contribution in [-0.2, 0) is 9.59 Å². The third-order valence-corrected chi connectivity index (χ3v) is 3.30. The van der Waals surface area contributed by atoms with E-state index in [9.17, 15) is 9.59 Å². The normalized spacial score (nSPS) is 17.3. The topological polar surface area (TPSA) is 84.7 Å². The summed E-state index contributed by atoms with van der Waals surface area (Å²) in [5.41, 5.74) is 6.10. The maximum atomic E-state index is 12.0. The summed E-state index contributed by atoms with van der Waals surface area (Å²) in [4.78, 5) is 25.5. The van der Waals surface area contributed by atoms with Gasteiger partial charge < -0.3 is 20.7 Å². The van der Waals surface area contributed by atoms with Gasteiger partial charge in [-0.2, -0.15) is 0 Å². The molecular formula is C14H20ClN3O3. The van der Waals surface area contributed by atoms with E-state index in [-0.39, 0.29) is 36.6 Å². The molecule has 0 spiro atoms. The van der Waals surface area contributed by atoms with Gasteiger partial charge in [0.15, 0.2) is 0 Å². The average molecular weight is 314 g/mol. The van der Waals surface area contributed by atoms with E-state index in [2.05, 4.69) is 5.32 Å². The SMILES string of the molecule is COc1cccc(N2CC(C(=O)NCCN)CC2=O)c1.Cl. The summed E-state index contributed by atoms with van der Waals surface area (Å²) in [6.07, 6.45) is 0.230. The van der Waals surface area contributed by atoms with Crippen molar-refractivity contribution in [2.24, 2.45) is 11.7 Å². The fourth-order valence-corrected chi connectivity index (χ4v) is 2.25. The minimum atomic E-state index is -0.319. The van der Waals surface area contributed by atoms with Crippen LogP contribution < -0.4 is 20.7 Å². The van der Waals surface area contributed by atoms with E-state index in [4.69, 9.17) is 10.5 Å². The predicted octanol–water partition coefficient (Wildman–Crippen LogP) is 0.545. The number of rotatable bonds is 5. The third kappa shape index (κ3) is 4.09. The largest absolute Gasteiger partial charge is 0.497 e. The van der Waals surface area contributed by atoms with Gasteiger partial charge in [0.2, 0.25) is 11.8 Å². The standard InChI is InChI=1S/C14H19N3O3.ClH/c1-20-12-4-2-3-11(8-12)17-9-10(7-13(17)18)14(19)16-6-5-15;/h2-4,8,10H,5-7,9,15H2,1H3,(H,16,19);1H. The Labute approximate surface area is 130 Å². The Morgan fingerprint density at radius 3 is 2.95 bits per heavy atom. The molecule has 3 N–H and O–H groups in total. The van der Waals surface area contributed by atoms with Crippen molar-refractivity contribution < 1.29 is 14.3 Å². The lowest BCUT2D eigenvalue weighted by Gasteiger charge is -2.17. The molecule has 1 aliphatic heterocycles. The van der Waals surface area contributed by atoms with Crippen molar-refractivity contribution in [2.45, 2.75) is 6.42 Å². The molecule has 0 saturated carbocycles. The summed E-state index contributed by atoms with van der Waals surface area (Å²) in [6.45, 7) is 1.22. The fourth-order valence-electron chi connectivity index (χ4n) is 2.25. The Morgan fingerprint density at radius 2 is 2.29 bits per heavy atom. The molecule has 1 saturated heterocycles. The Bertz CT molecular complexity index is 510. The van der Waals surface area contributed by atoms with Gasteiger partial charge in [0, 0.05) is 37.8 Å². The molecule has 1 fully saturated rings. The van der Waals surface area contributed by atoms with Crippen LogP contribution in [-0.4, -0.2) is 38.6 Å². The first-order valence-electron chi connectivity index (χ1n) is 6.58. The molecule has 1 atom stereocenters. The first-order valence-corrected chi connectivity index (χ1v) is 6.58. The van der Waals surface area contributed by atoms with E-state index in [0.717, 1.165) is 5.69 Å². The summed E-state index contributed by atoms with van der Waals surface area (Å²) >= 11 is 0. The van der Waals surface area contributed by atoms with Crippen molar-refractivity contribution in [3.8, 4) is 5.75 Å². The smallest absolute Gasteiger partial charge is 0.227 e. The summed E-state index contributed by atoms with van der Waals surface area (Å²) in [5.74, 6) is 0.201. The van der Waals surface area contributed by atoms with Gasteiger partial charge in [-0.1, -0.05) is 6.07 Å². The number of benzene rings is 1. The van der Waals surface area contributed by atoms with Crippen LogP contribution >= 0.6 is 12.4 Å². The van der Waals surface area contributed by atoms with Gasteiger partial charge in [-0.3, -0.25) is 9.59 Å². The zero-order valence-corrected chi connectivity index (χ0v) is 12.7. The first kappa shape index (κ1) is 17.3. The van der Waals surface area contributed by atoms with E-state index < -0.39 is 0 Å². The van der Waals surface area contributed by atoms with E-state index in [1.807, 2.05) is 18.2 Å².